The number of halogens is 3. The summed E-state index contributed by atoms with van der Waals surface area (Å²) in [5, 5.41) is 5.00. The van der Waals surface area contributed by atoms with Crippen molar-refractivity contribution in [3.63, 3.8) is 0 Å². The van der Waals surface area contributed by atoms with E-state index in [0.29, 0.717) is 28.0 Å². The van der Waals surface area contributed by atoms with Crippen molar-refractivity contribution in [2.75, 3.05) is 0 Å². The molecule has 0 unspecified atom stereocenters. The van der Waals surface area contributed by atoms with E-state index in [0.717, 1.165) is 15.6 Å². The summed E-state index contributed by atoms with van der Waals surface area (Å²) in [7, 11) is 0. The molecule has 1 amide bonds. The van der Waals surface area contributed by atoms with Gasteiger partial charge in [-0.1, -0.05) is 51.3 Å². The third-order valence-electron chi connectivity index (χ3n) is 3.74. The first kappa shape index (κ1) is 20.4. The SMILES string of the molecule is O=C(N/N=C\c1ccc(OCc2ccc(Cl)c(Cl)c2)cc1)c1cccc(Br)c1. The second-order valence-corrected chi connectivity index (χ2v) is 7.55. The van der Waals surface area contributed by atoms with E-state index < -0.39 is 0 Å². The third-order valence-corrected chi connectivity index (χ3v) is 4.97. The van der Waals surface area contributed by atoms with Gasteiger partial charge in [0.1, 0.15) is 12.4 Å². The van der Waals surface area contributed by atoms with Crippen molar-refractivity contribution in [2.24, 2.45) is 5.10 Å². The lowest BCUT2D eigenvalue weighted by Gasteiger charge is -2.07. The molecule has 0 atom stereocenters. The molecule has 3 aromatic carbocycles. The van der Waals surface area contributed by atoms with E-state index in [1.165, 1.54) is 0 Å². The van der Waals surface area contributed by atoms with Gasteiger partial charge in [-0.15, -0.1) is 0 Å². The molecule has 3 rings (SSSR count). The summed E-state index contributed by atoms with van der Waals surface area (Å²) in [5.74, 6) is 0.431. The molecular weight excluding hydrogens is 463 g/mol. The maximum absolute atomic E-state index is 12.0. The number of hydrogen-bond donors (Lipinski definition) is 1. The zero-order chi connectivity index (χ0) is 19.9. The van der Waals surface area contributed by atoms with Crippen molar-refractivity contribution in [3.05, 3.63) is 97.9 Å². The summed E-state index contributed by atoms with van der Waals surface area (Å²) in [6.45, 7) is 0.382. The Kier molecular flexibility index (Phi) is 7.09. The van der Waals surface area contributed by atoms with Crippen LogP contribution < -0.4 is 10.2 Å². The zero-order valence-electron chi connectivity index (χ0n) is 14.5. The largest absolute Gasteiger partial charge is 0.489 e. The van der Waals surface area contributed by atoms with Crippen LogP contribution in [0, 0.1) is 0 Å². The van der Waals surface area contributed by atoms with Crippen LogP contribution in [0.15, 0.2) is 76.3 Å². The van der Waals surface area contributed by atoms with Gasteiger partial charge in [0.2, 0.25) is 0 Å². The van der Waals surface area contributed by atoms with Crippen molar-refractivity contribution < 1.29 is 9.53 Å². The topological polar surface area (TPSA) is 50.7 Å². The summed E-state index contributed by atoms with van der Waals surface area (Å²) in [6.07, 6.45) is 1.57. The second-order valence-electron chi connectivity index (χ2n) is 5.82. The lowest BCUT2D eigenvalue weighted by Crippen LogP contribution is -2.17. The number of carbonyl (C=O) groups excluding carboxylic acids is 1. The number of amides is 1. The van der Waals surface area contributed by atoms with Gasteiger partial charge >= 0.3 is 0 Å². The molecule has 0 saturated heterocycles. The standard InChI is InChI=1S/C21H15BrCl2N2O2/c22-17-3-1-2-16(11-17)21(27)26-25-12-14-4-7-18(8-5-14)28-13-15-6-9-19(23)20(24)10-15/h1-12H,13H2,(H,26,27)/b25-12-. The fourth-order valence-electron chi connectivity index (χ4n) is 2.31. The van der Waals surface area contributed by atoms with Crippen LogP contribution in [0.2, 0.25) is 10.0 Å². The average molecular weight is 478 g/mol. The fraction of sp³-hybridized carbons (Fsp3) is 0.0476. The molecule has 142 valence electrons. The lowest BCUT2D eigenvalue weighted by molar-refractivity contribution is 0.0955. The Hall–Kier alpha value is -2.34. The summed E-state index contributed by atoms with van der Waals surface area (Å²) in [5.41, 5.74) is 4.78. The Labute approximate surface area is 181 Å². The number of rotatable bonds is 6. The minimum Gasteiger partial charge on any atom is -0.489 e. The van der Waals surface area contributed by atoms with Crippen molar-refractivity contribution in [3.8, 4) is 5.75 Å². The quantitative estimate of drug-likeness (QED) is 0.344. The number of hydrazone groups is 1. The van der Waals surface area contributed by atoms with Gasteiger partial charge in [0.15, 0.2) is 0 Å². The van der Waals surface area contributed by atoms with Gasteiger partial charge in [0.25, 0.3) is 5.91 Å². The zero-order valence-corrected chi connectivity index (χ0v) is 17.6. The van der Waals surface area contributed by atoms with Crippen LogP contribution in [0.1, 0.15) is 21.5 Å². The molecule has 0 aliphatic rings. The molecular formula is C21H15BrCl2N2O2. The molecule has 0 bridgehead atoms. The van der Waals surface area contributed by atoms with Gasteiger partial charge in [-0.3, -0.25) is 4.79 Å². The van der Waals surface area contributed by atoms with Gasteiger partial charge in [-0.05, 0) is 65.7 Å². The normalized spacial score (nSPS) is 10.8. The van der Waals surface area contributed by atoms with Gasteiger partial charge in [-0.2, -0.15) is 5.10 Å². The molecule has 0 saturated carbocycles. The Morgan fingerprint density at radius 3 is 2.54 bits per heavy atom. The van der Waals surface area contributed by atoms with Gasteiger partial charge in [-0.25, -0.2) is 5.43 Å². The van der Waals surface area contributed by atoms with Crippen LogP contribution in [-0.2, 0) is 6.61 Å². The number of nitrogens with one attached hydrogen (secondary N) is 1. The predicted octanol–water partition coefficient (Wildman–Crippen LogP) is 6.10. The van der Waals surface area contributed by atoms with Crippen LogP contribution in [0.3, 0.4) is 0 Å². The highest BCUT2D eigenvalue weighted by molar-refractivity contribution is 9.10. The monoisotopic (exact) mass is 476 g/mol. The smallest absolute Gasteiger partial charge is 0.271 e. The van der Waals surface area contributed by atoms with Crippen LogP contribution in [0.25, 0.3) is 0 Å². The molecule has 0 spiro atoms. The van der Waals surface area contributed by atoms with E-state index in [2.05, 4.69) is 26.5 Å². The van der Waals surface area contributed by atoms with Gasteiger partial charge < -0.3 is 4.74 Å². The Bertz CT molecular complexity index is 1010. The van der Waals surface area contributed by atoms with Crippen LogP contribution in [0.4, 0.5) is 0 Å². The van der Waals surface area contributed by atoms with E-state index in [1.807, 2.05) is 36.4 Å². The lowest BCUT2D eigenvalue weighted by atomic mass is 10.2. The number of hydrogen-bond acceptors (Lipinski definition) is 3. The van der Waals surface area contributed by atoms with Crippen LogP contribution in [0.5, 0.6) is 5.75 Å². The van der Waals surface area contributed by atoms with Crippen LogP contribution in [-0.4, -0.2) is 12.1 Å². The Balaban J connectivity index is 1.53. The van der Waals surface area contributed by atoms with Gasteiger partial charge in [0, 0.05) is 10.0 Å². The molecule has 3 aromatic rings. The van der Waals surface area contributed by atoms with Crippen LogP contribution >= 0.6 is 39.1 Å². The number of ether oxygens (including phenoxy) is 1. The maximum Gasteiger partial charge on any atom is 0.271 e. The van der Waals surface area contributed by atoms with E-state index in [9.17, 15) is 4.79 Å². The number of nitrogens with zero attached hydrogens (tertiary/aromatic N) is 1. The van der Waals surface area contributed by atoms with E-state index >= 15 is 0 Å². The third kappa shape index (κ3) is 5.83. The minimum absolute atomic E-state index is 0.279. The number of benzene rings is 3. The first-order valence-electron chi connectivity index (χ1n) is 8.27. The predicted molar refractivity (Wildman–Crippen MR) is 116 cm³/mol. The highest BCUT2D eigenvalue weighted by atomic mass is 79.9. The molecule has 0 aliphatic carbocycles. The van der Waals surface area contributed by atoms with E-state index in [4.69, 9.17) is 27.9 Å². The maximum atomic E-state index is 12.0. The average Bonchev–Trinajstić information content (AvgIpc) is 2.70. The van der Waals surface area contributed by atoms with Crippen molar-refractivity contribution >= 4 is 51.3 Å². The summed E-state index contributed by atoms with van der Waals surface area (Å²) >= 11 is 15.2. The molecule has 28 heavy (non-hydrogen) atoms. The summed E-state index contributed by atoms with van der Waals surface area (Å²) in [4.78, 5) is 12.0. The molecule has 0 fully saturated rings. The second kappa shape index (κ2) is 9.73. The molecule has 1 N–H and O–H groups in total. The first-order chi connectivity index (χ1) is 13.5. The fourth-order valence-corrected chi connectivity index (χ4v) is 3.03. The molecule has 0 radical (unpaired) electrons. The molecule has 0 heterocycles. The number of carbonyl (C=O) groups is 1. The molecule has 0 aromatic heterocycles. The minimum atomic E-state index is -0.279. The highest BCUT2D eigenvalue weighted by Crippen LogP contribution is 2.23. The molecule has 7 heteroatoms. The van der Waals surface area contributed by atoms with Crippen molar-refractivity contribution in [1.29, 1.82) is 0 Å². The van der Waals surface area contributed by atoms with E-state index in [-0.39, 0.29) is 5.91 Å². The highest BCUT2D eigenvalue weighted by Gasteiger charge is 2.04. The Morgan fingerprint density at radius 2 is 1.82 bits per heavy atom. The van der Waals surface area contributed by atoms with Gasteiger partial charge in [0.05, 0.1) is 16.3 Å². The van der Waals surface area contributed by atoms with E-state index in [1.54, 1.807) is 36.5 Å². The molecule has 0 aliphatic heterocycles. The summed E-state index contributed by atoms with van der Waals surface area (Å²) in [6, 6.07) is 19.8. The summed E-state index contributed by atoms with van der Waals surface area (Å²) < 4.78 is 6.57. The first-order valence-corrected chi connectivity index (χ1v) is 9.82. The Morgan fingerprint density at radius 1 is 1.04 bits per heavy atom. The van der Waals surface area contributed by atoms with Crippen molar-refractivity contribution in [2.45, 2.75) is 6.61 Å². The molecule has 4 nitrogen and oxygen atoms in total. The van der Waals surface area contributed by atoms with Crippen molar-refractivity contribution in [1.82, 2.24) is 5.43 Å².